The molecule has 0 aromatic rings. The zero-order chi connectivity index (χ0) is 7.07. The summed E-state index contributed by atoms with van der Waals surface area (Å²) in [5.41, 5.74) is 0.194. The Bertz CT molecular complexity index is 146. The summed E-state index contributed by atoms with van der Waals surface area (Å²) in [6, 6.07) is 0. The Morgan fingerprint density at radius 2 is 2.22 bits per heavy atom. The molecule has 1 aliphatic rings. The monoisotopic (exact) mass is 186 g/mol. The molecule has 0 spiro atoms. The predicted molar refractivity (Wildman–Crippen MR) is 43.4 cm³/mol. The molecule has 0 saturated heterocycles. The molecule has 0 aliphatic heterocycles. The average Bonchev–Trinajstić information content (AvgIpc) is 2.39. The van der Waals surface area contributed by atoms with Crippen LogP contribution in [0.3, 0.4) is 0 Å². The Morgan fingerprint density at radius 3 is 2.22 bits per heavy atom. The van der Waals surface area contributed by atoms with Crippen LogP contribution in [0.25, 0.3) is 0 Å². The topological polar surface area (TPSA) is 0 Å². The van der Waals surface area contributed by atoms with Gasteiger partial charge in [-0.05, 0) is 12.3 Å². The first kappa shape index (κ1) is 7.15. The highest BCUT2D eigenvalue weighted by molar-refractivity contribution is 9.09. The molecule has 0 bridgehead atoms. The molecule has 0 nitrogen and oxygen atoms in total. The summed E-state index contributed by atoms with van der Waals surface area (Å²) in [6.45, 7) is 4.35. The summed E-state index contributed by atoms with van der Waals surface area (Å²) < 4.78 is 0. The third-order valence-corrected chi connectivity index (χ3v) is 4.10. The van der Waals surface area contributed by atoms with E-state index in [0.29, 0.717) is 10.7 Å². The maximum atomic E-state index is 5.38. The van der Waals surface area contributed by atoms with Crippen molar-refractivity contribution in [2.45, 2.75) is 25.1 Å². The zero-order valence-corrected chi connectivity index (χ0v) is 7.40. The van der Waals surface area contributed by atoms with Gasteiger partial charge in [0.2, 0.25) is 0 Å². The fraction of sp³-hybridized carbons (Fsp3) is 0.750. The van der Waals surface area contributed by atoms with Crippen LogP contribution in [0.4, 0.5) is 0 Å². The Kier molecular flexibility index (Phi) is 1.61. The van der Waals surface area contributed by atoms with Crippen LogP contribution in [0.15, 0.2) is 0 Å². The lowest BCUT2D eigenvalue weighted by atomic mass is 10.0. The molecule has 0 amide bonds. The van der Waals surface area contributed by atoms with Crippen molar-refractivity contribution >= 4 is 15.9 Å². The lowest BCUT2D eigenvalue weighted by molar-refractivity contribution is 0.594. The molecule has 50 valence electrons. The second-order valence-corrected chi connectivity index (χ2v) is 3.72. The molecule has 1 rings (SSSR count). The van der Waals surface area contributed by atoms with Crippen molar-refractivity contribution < 1.29 is 0 Å². The average molecular weight is 187 g/mol. The quantitative estimate of drug-likeness (QED) is 0.436. The summed E-state index contributed by atoms with van der Waals surface area (Å²) in [5, 5.41) is 0. The number of hydrogen-bond donors (Lipinski definition) is 0. The smallest absolute Gasteiger partial charge is 0.0474 e. The van der Waals surface area contributed by atoms with E-state index in [4.69, 9.17) is 6.42 Å². The number of alkyl halides is 1. The third-order valence-electron chi connectivity index (χ3n) is 2.49. The minimum absolute atomic E-state index is 0.194. The summed E-state index contributed by atoms with van der Waals surface area (Å²) in [4.78, 5) is 0.569. The van der Waals surface area contributed by atoms with Gasteiger partial charge in [0.25, 0.3) is 0 Å². The highest BCUT2D eigenvalue weighted by Gasteiger charge is 2.58. The zero-order valence-electron chi connectivity index (χ0n) is 5.82. The van der Waals surface area contributed by atoms with E-state index in [2.05, 4.69) is 35.7 Å². The Labute approximate surface area is 65.2 Å². The summed E-state index contributed by atoms with van der Waals surface area (Å²) in [7, 11) is 0. The highest BCUT2D eigenvalue weighted by Crippen LogP contribution is 2.58. The molecule has 1 aliphatic carbocycles. The van der Waals surface area contributed by atoms with Crippen LogP contribution in [-0.2, 0) is 0 Å². The van der Waals surface area contributed by atoms with E-state index in [-0.39, 0.29) is 5.41 Å². The van der Waals surface area contributed by atoms with Gasteiger partial charge in [-0.25, -0.2) is 0 Å². The molecule has 1 unspecified atom stereocenters. The summed E-state index contributed by atoms with van der Waals surface area (Å²) in [5.74, 6) is 3.53. The first-order chi connectivity index (χ1) is 4.19. The van der Waals surface area contributed by atoms with Gasteiger partial charge in [0.1, 0.15) is 0 Å². The molecule has 0 radical (unpaired) electrons. The van der Waals surface area contributed by atoms with Gasteiger partial charge in [0, 0.05) is 10.2 Å². The van der Waals surface area contributed by atoms with Gasteiger partial charge in [0.15, 0.2) is 0 Å². The maximum Gasteiger partial charge on any atom is 0.0474 e. The van der Waals surface area contributed by atoms with Crippen molar-refractivity contribution in [3.8, 4) is 12.3 Å². The van der Waals surface area contributed by atoms with Gasteiger partial charge >= 0.3 is 0 Å². The Balaban J connectivity index is 2.68. The lowest BCUT2D eigenvalue weighted by Gasteiger charge is -2.01. The van der Waals surface area contributed by atoms with Gasteiger partial charge in [-0.3, -0.25) is 0 Å². The lowest BCUT2D eigenvalue weighted by Crippen LogP contribution is -1.97. The van der Waals surface area contributed by atoms with E-state index in [1.54, 1.807) is 0 Å². The summed E-state index contributed by atoms with van der Waals surface area (Å²) >= 11 is 3.55. The molecule has 0 aromatic heterocycles. The van der Waals surface area contributed by atoms with Crippen LogP contribution < -0.4 is 0 Å². The number of rotatable bonds is 1. The molecule has 1 heteroatoms. The van der Waals surface area contributed by atoms with Crippen LogP contribution in [0.1, 0.15) is 20.3 Å². The van der Waals surface area contributed by atoms with Crippen molar-refractivity contribution in [2.75, 3.05) is 0 Å². The van der Waals surface area contributed by atoms with Crippen molar-refractivity contribution in [2.24, 2.45) is 11.3 Å². The van der Waals surface area contributed by atoms with Crippen LogP contribution in [-0.4, -0.2) is 4.83 Å². The van der Waals surface area contributed by atoms with Gasteiger partial charge < -0.3 is 0 Å². The maximum absolute atomic E-state index is 5.38. The van der Waals surface area contributed by atoms with E-state index in [0.717, 1.165) is 6.42 Å². The van der Waals surface area contributed by atoms with Crippen molar-refractivity contribution in [3.63, 3.8) is 0 Å². The van der Waals surface area contributed by atoms with Crippen molar-refractivity contribution in [1.82, 2.24) is 0 Å². The first-order valence-electron chi connectivity index (χ1n) is 3.31. The predicted octanol–water partition coefficient (Wildman–Crippen LogP) is 2.43. The van der Waals surface area contributed by atoms with Crippen LogP contribution in [0.5, 0.6) is 0 Å². The fourth-order valence-corrected chi connectivity index (χ4v) is 2.60. The van der Waals surface area contributed by atoms with Crippen molar-refractivity contribution in [3.05, 3.63) is 0 Å². The molecule has 0 heterocycles. The van der Waals surface area contributed by atoms with Gasteiger partial charge in [-0.1, -0.05) is 35.7 Å². The number of halogens is 1. The van der Waals surface area contributed by atoms with Gasteiger partial charge in [0.05, 0.1) is 0 Å². The SMILES string of the molecule is C#C[C@]1(CC)C(Br)[C@@H]1C. The minimum atomic E-state index is 0.194. The van der Waals surface area contributed by atoms with Crippen LogP contribution in [0, 0.1) is 23.7 Å². The molecule has 9 heavy (non-hydrogen) atoms. The third kappa shape index (κ3) is 0.730. The Morgan fingerprint density at radius 1 is 1.78 bits per heavy atom. The van der Waals surface area contributed by atoms with E-state index in [1.165, 1.54) is 0 Å². The second kappa shape index (κ2) is 2.02. The van der Waals surface area contributed by atoms with Crippen LogP contribution >= 0.6 is 15.9 Å². The van der Waals surface area contributed by atoms with Gasteiger partial charge in [-0.15, -0.1) is 6.42 Å². The normalized spacial score (nSPS) is 48.2. The second-order valence-electron chi connectivity index (χ2n) is 2.73. The molecule has 1 saturated carbocycles. The van der Waals surface area contributed by atoms with Crippen LogP contribution in [0.2, 0.25) is 0 Å². The molecular weight excluding hydrogens is 176 g/mol. The molecule has 0 N–H and O–H groups in total. The van der Waals surface area contributed by atoms with E-state index in [9.17, 15) is 0 Å². The van der Waals surface area contributed by atoms with E-state index < -0.39 is 0 Å². The largest absolute Gasteiger partial charge is 0.119 e. The molecule has 3 atom stereocenters. The number of terminal acetylenes is 1. The Hall–Kier alpha value is 0.0400. The van der Waals surface area contributed by atoms with Gasteiger partial charge in [-0.2, -0.15) is 0 Å². The fourth-order valence-electron chi connectivity index (χ4n) is 1.40. The highest BCUT2D eigenvalue weighted by atomic mass is 79.9. The first-order valence-corrected chi connectivity index (χ1v) is 4.22. The molecule has 0 aromatic carbocycles. The van der Waals surface area contributed by atoms with E-state index in [1.807, 2.05) is 0 Å². The standard InChI is InChI=1S/C8H11Br/c1-4-8(5-2)6(3)7(8)9/h1,6-7H,5H2,2-3H3/t6-,7?,8+/m0/s1. The van der Waals surface area contributed by atoms with Crippen molar-refractivity contribution in [1.29, 1.82) is 0 Å². The molecule has 1 fully saturated rings. The van der Waals surface area contributed by atoms with E-state index >= 15 is 0 Å². The molecular formula is C8H11Br. The number of hydrogen-bond acceptors (Lipinski definition) is 0. The minimum Gasteiger partial charge on any atom is -0.119 e. The summed E-state index contributed by atoms with van der Waals surface area (Å²) in [6.07, 6.45) is 6.48.